The number of sulfonamides is 1. The summed E-state index contributed by atoms with van der Waals surface area (Å²) < 4.78 is 25.2. The van der Waals surface area contributed by atoms with Crippen molar-refractivity contribution >= 4 is 10.0 Å². The van der Waals surface area contributed by atoms with E-state index in [0.29, 0.717) is 13.1 Å². The zero-order valence-electron chi connectivity index (χ0n) is 9.95. The van der Waals surface area contributed by atoms with Gasteiger partial charge in [0.05, 0.1) is 11.8 Å². The summed E-state index contributed by atoms with van der Waals surface area (Å²) in [6.07, 6.45) is 0.247. The van der Waals surface area contributed by atoms with Crippen LogP contribution in [0.5, 0.6) is 0 Å². The Hall–Kier alpha value is -0.600. The summed E-state index contributed by atoms with van der Waals surface area (Å²) in [5.41, 5.74) is -0.251. The Labute approximate surface area is 92.9 Å². The third-order valence-corrected chi connectivity index (χ3v) is 4.29. The summed E-state index contributed by atoms with van der Waals surface area (Å²) in [5, 5.41) is 8.44. The van der Waals surface area contributed by atoms with E-state index in [2.05, 4.69) is 0 Å². The molecule has 5 heteroatoms. The van der Waals surface area contributed by atoms with E-state index in [1.807, 2.05) is 26.8 Å². The van der Waals surface area contributed by atoms with Crippen LogP contribution in [-0.4, -0.2) is 31.6 Å². The highest BCUT2D eigenvalue weighted by molar-refractivity contribution is 7.89. The summed E-state index contributed by atoms with van der Waals surface area (Å²) in [4.78, 5) is 0. The lowest BCUT2D eigenvalue weighted by atomic mass is 10.0. The first-order chi connectivity index (χ1) is 6.73. The van der Waals surface area contributed by atoms with Gasteiger partial charge in [0.15, 0.2) is 0 Å². The first-order valence-corrected chi connectivity index (χ1v) is 6.68. The summed E-state index contributed by atoms with van der Waals surface area (Å²) in [7, 11) is -3.22. The van der Waals surface area contributed by atoms with Crippen molar-refractivity contribution in [2.45, 2.75) is 34.1 Å². The lowest BCUT2D eigenvalue weighted by molar-refractivity contribution is 0.403. The zero-order valence-corrected chi connectivity index (χ0v) is 10.8. The van der Waals surface area contributed by atoms with Gasteiger partial charge in [-0.1, -0.05) is 27.7 Å². The van der Waals surface area contributed by atoms with Crippen LogP contribution in [0, 0.1) is 16.7 Å². The minimum absolute atomic E-state index is 0.124. The lowest BCUT2D eigenvalue weighted by Gasteiger charge is -2.25. The SMILES string of the molecule is CCN(CCC#N)S(=O)(=O)CC(C)(C)C. The Balaban J connectivity index is 4.62. The molecule has 0 fully saturated rings. The Morgan fingerprint density at radius 1 is 1.33 bits per heavy atom. The molecule has 0 rings (SSSR count). The van der Waals surface area contributed by atoms with Crippen LogP contribution in [0.2, 0.25) is 0 Å². The van der Waals surface area contributed by atoms with Crippen molar-refractivity contribution in [3.8, 4) is 6.07 Å². The molecular formula is C10H20N2O2S. The van der Waals surface area contributed by atoms with Crippen molar-refractivity contribution in [3.63, 3.8) is 0 Å². The van der Waals surface area contributed by atoms with Gasteiger partial charge in [-0.2, -0.15) is 5.26 Å². The molecule has 0 aromatic heterocycles. The van der Waals surface area contributed by atoms with Crippen molar-refractivity contribution in [1.29, 1.82) is 5.26 Å². The van der Waals surface area contributed by atoms with Crippen LogP contribution in [-0.2, 0) is 10.0 Å². The van der Waals surface area contributed by atoms with Gasteiger partial charge in [0.2, 0.25) is 10.0 Å². The second-order valence-corrected chi connectivity index (χ2v) is 6.69. The summed E-state index contributed by atoms with van der Waals surface area (Å²) >= 11 is 0. The molecule has 0 aliphatic heterocycles. The second kappa shape index (κ2) is 5.47. The van der Waals surface area contributed by atoms with Crippen LogP contribution in [0.4, 0.5) is 0 Å². The smallest absolute Gasteiger partial charge is 0.212 e. The van der Waals surface area contributed by atoms with E-state index >= 15 is 0 Å². The quantitative estimate of drug-likeness (QED) is 0.723. The number of hydrogen-bond acceptors (Lipinski definition) is 3. The molecule has 0 amide bonds. The van der Waals surface area contributed by atoms with Crippen molar-refractivity contribution in [1.82, 2.24) is 4.31 Å². The molecule has 0 unspecified atom stereocenters. The highest BCUT2D eigenvalue weighted by atomic mass is 32.2. The van der Waals surface area contributed by atoms with Crippen molar-refractivity contribution in [2.24, 2.45) is 5.41 Å². The predicted octanol–water partition coefficient (Wildman–Crippen LogP) is 1.60. The average molecular weight is 232 g/mol. The standard InChI is InChI=1S/C10H20N2O2S/c1-5-12(8-6-7-11)15(13,14)9-10(2,3)4/h5-6,8-9H2,1-4H3. The Morgan fingerprint density at radius 3 is 2.20 bits per heavy atom. The normalized spacial score (nSPS) is 12.8. The molecule has 0 saturated heterocycles. The van der Waals surface area contributed by atoms with Crippen LogP contribution < -0.4 is 0 Å². The molecule has 4 nitrogen and oxygen atoms in total. The van der Waals surface area contributed by atoms with Crippen molar-refractivity contribution < 1.29 is 8.42 Å². The number of nitrogens with zero attached hydrogens (tertiary/aromatic N) is 2. The van der Waals surface area contributed by atoms with Gasteiger partial charge < -0.3 is 0 Å². The zero-order chi connectivity index (χ0) is 12.1. The Morgan fingerprint density at radius 2 is 1.87 bits per heavy atom. The number of rotatable bonds is 5. The Kier molecular flexibility index (Phi) is 5.26. The molecule has 0 aromatic rings. The van der Waals surface area contributed by atoms with E-state index in [1.165, 1.54) is 4.31 Å². The van der Waals surface area contributed by atoms with E-state index < -0.39 is 10.0 Å². The van der Waals surface area contributed by atoms with Crippen LogP contribution in [0.1, 0.15) is 34.1 Å². The molecule has 0 aliphatic carbocycles. The molecule has 0 heterocycles. The van der Waals surface area contributed by atoms with Crippen molar-refractivity contribution in [3.05, 3.63) is 0 Å². The fourth-order valence-electron chi connectivity index (χ4n) is 1.31. The van der Waals surface area contributed by atoms with Gasteiger partial charge in [-0.25, -0.2) is 12.7 Å². The van der Waals surface area contributed by atoms with E-state index in [1.54, 1.807) is 6.92 Å². The van der Waals surface area contributed by atoms with E-state index in [9.17, 15) is 8.42 Å². The fourth-order valence-corrected chi connectivity index (χ4v) is 3.35. The average Bonchev–Trinajstić information content (AvgIpc) is 2.00. The lowest BCUT2D eigenvalue weighted by Crippen LogP contribution is -2.37. The van der Waals surface area contributed by atoms with Crippen molar-refractivity contribution in [2.75, 3.05) is 18.8 Å². The van der Waals surface area contributed by atoms with Gasteiger partial charge >= 0.3 is 0 Å². The van der Waals surface area contributed by atoms with Crippen LogP contribution in [0.3, 0.4) is 0 Å². The van der Waals surface area contributed by atoms with Gasteiger partial charge in [0.1, 0.15) is 0 Å². The minimum atomic E-state index is -3.22. The fraction of sp³-hybridized carbons (Fsp3) is 0.900. The number of nitriles is 1. The van der Waals surface area contributed by atoms with Gasteiger partial charge in [-0.05, 0) is 5.41 Å². The third kappa shape index (κ3) is 5.75. The maximum absolute atomic E-state index is 11.9. The van der Waals surface area contributed by atoms with Gasteiger partial charge in [0, 0.05) is 19.5 Å². The second-order valence-electron chi connectivity index (χ2n) is 4.72. The monoisotopic (exact) mass is 232 g/mol. The highest BCUT2D eigenvalue weighted by Gasteiger charge is 2.26. The van der Waals surface area contributed by atoms with E-state index in [0.717, 1.165) is 0 Å². The van der Waals surface area contributed by atoms with Crippen LogP contribution >= 0.6 is 0 Å². The molecule has 15 heavy (non-hydrogen) atoms. The van der Waals surface area contributed by atoms with Crippen LogP contribution in [0.25, 0.3) is 0 Å². The number of hydrogen-bond donors (Lipinski definition) is 0. The molecule has 0 radical (unpaired) electrons. The first kappa shape index (κ1) is 14.4. The molecule has 0 aliphatic rings. The topological polar surface area (TPSA) is 61.2 Å². The largest absolute Gasteiger partial charge is 0.214 e. The van der Waals surface area contributed by atoms with Gasteiger partial charge in [0.25, 0.3) is 0 Å². The maximum atomic E-state index is 11.9. The molecule has 0 spiro atoms. The molecular weight excluding hydrogens is 212 g/mol. The molecule has 88 valence electrons. The highest BCUT2D eigenvalue weighted by Crippen LogP contribution is 2.18. The molecule has 0 saturated carbocycles. The van der Waals surface area contributed by atoms with Gasteiger partial charge in [-0.15, -0.1) is 0 Å². The third-order valence-electron chi connectivity index (χ3n) is 1.83. The van der Waals surface area contributed by atoms with Gasteiger partial charge in [-0.3, -0.25) is 0 Å². The molecule has 0 N–H and O–H groups in total. The Bertz CT molecular complexity index is 322. The van der Waals surface area contributed by atoms with E-state index in [-0.39, 0.29) is 17.6 Å². The predicted molar refractivity (Wildman–Crippen MR) is 60.7 cm³/mol. The summed E-state index contributed by atoms with van der Waals surface area (Å²) in [6.45, 7) is 8.19. The molecule has 0 atom stereocenters. The first-order valence-electron chi connectivity index (χ1n) is 5.07. The summed E-state index contributed by atoms with van der Waals surface area (Å²) in [5.74, 6) is 0.124. The van der Waals surface area contributed by atoms with Crippen LogP contribution in [0.15, 0.2) is 0 Å². The molecule has 0 bridgehead atoms. The molecule has 0 aromatic carbocycles. The minimum Gasteiger partial charge on any atom is -0.212 e. The summed E-state index contributed by atoms with van der Waals surface area (Å²) in [6, 6.07) is 1.96. The van der Waals surface area contributed by atoms with E-state index in [4.69, 9.17) is 5.26 Å². The maximum Gasteiger partial charge on any atom is 0.214 e.